The molecular weight excluding hydrogens is 164 g/mol. The standard InChI is InChI=1S/C6H10F4O/c1-4(2)6(9,10)11-3-5(7)8/h4-5H,3H2,1-2H3. The molecule has 0 unspecified atom stereocenters. The van der Waals surface area contributed by atoms with Crippen molar-refractivity contribution < 1.29 is 22.3 Å². The van der Waals surface area contributed by atoms with Gasteiger partial charge in [-0.25, -0.2) is 8.78 Å². The lowest BCUT2D eigenvalue weighted by atomic mass is 10.2. The number of ether oxygens (including phenoxy) is 1. The smallest absolute Gasteiger partial charge is 0.314 e. The van der Waals surface area contributed by atoms with Crippen molar-refractivity contribution in [1.29, 1.82) is 0 Å². The molecule has 0 saturated heterocycles. The Labute approximate surface area is 62.3 Å². The molecule has 0 N–H and O–H groups in total. The first-order valence-electron chi connectivity index (χ1n) is 3.16. The lowest BCUT2D eigenvalue weighted by molar-refractivity contribution is -0.275. The quantitative estimate of drug-likeness (QED) is 0.595. The highest BCUT2D eigenvalue weighted by Gasteiger charge is 2.35. The molecule has 5 heteroatoms. The maximum Gasteiger partial charge on any atom is 0.358 e. The molecule has 0 saturated carbocycles. The molecule has 0 heterocycles. The highest BCUT2D eigenvalue weighted by Crippen LogP contribution is 2.25. The van der Waals surface area contributed by atoms with E-state index in [0.717, 1.165) is 0 Å². The highest BCUT2D eigenvalue weighted by atomic mass is 19.3. The molecule has 0 radical (unpaired) electrons. The van der Waals surface area contributed by atoms with Gasteiger partial charge >= 0.3 is 6.11 Å². The first-order chi connectivity index (χ1) is 4.86. The number of hydrogen-bond donors (Lipinski definition) is 0. The topological polar surface area (TPSA) is 9.23 Å². The largest absolute Gasteiger partial charge is 0.358 e. The van der Waals surface area contributed by atoms with E-state index in [-0.39, 0.29) is 0 Å². The lowest BCUT2D eigenvalue weighted by Gasteiger charge is -2.19. The molecule has 1 nitrogen and oxygen atoms in total. The molecular formula is C6H10F4O. The Morgan fingerprint density at radius 2 is 1.73 bits per heavy atom. The second kappa shape index (κ2) is 3.90. The molecule has 0 aliphatic heterocycles. The van der Waals surface area contributed by atoms with Crippen molar-refractivity contribution in [3.8, 4) is 0 Å². The third kappa shape index (κ3) is 4.19. The Morgan fingerprint density at radius 3 is 2.00 bits per heavy atom. The molecule has 0 spiro atoms. The normalized spacial score (nSPS) is 13.1. The summed E-state index contributed by atoms with van der Waals surface area (Å²) >= 11 is 0. The molecule has 0 fully saturated rings. The van der Waals surface area contributed by atoms with Crippen LogP contribution < -0.4 is 0 Å². The summed E-state index contributed by atoms with van der Waals surface area (Å²) in [6.07, 6.45) is -6.30. The minimum absolute atomic E-state index is 1.08. The van der Waals surface area contributed by atoms with Crippen molar-refractivity contribution in [2.45, 2.75) is 26.4 Å². The Morgan fingerprint density at radius 1 is 1.27 bits per heavy atom. The van der Waals surface area contributed by atoms with Gasteiger partial charge in [0, 0.05) is 5.92 Å². The van der Waals surface area contributed by atoms with E-state index in [0.29, 0.717) is 0 Å². The Hall–Kier alpha value is -0.320. The van der Waals surface area contributed by atoms with Gasteiger partial charge in [0.2, 0.25) is 0 Å². The average molecular weight is 174 g/mol. The number of alkyl halides is 4. The summed E-state index contributed by atoms with van der Waals surface area (Å²) in [5.74, 6) is -1.08. The summed E-state index contributed by atoms with van der Waals surface area (Å²) < 4.78 is 51.1. The number of halogens is 4. The van der Waals surface area contributed by atoms with Gasteiger partial charge in [0.1, 0.15) is 6.61 Å². The Balaban J connectivity index is 3.73. The van der Waals surface area contributed by atoms with Crippen LogP contribution in [0.2, 0.25) is 0 Å². The van der Waals surface area contributed by atoms with Gasteiger partial charge in [-0.3, -0.25) is 0 Å². The van der Waals surface area contributed by atoms with Crippen LogP contribution in [0.1, 0.15) is 13.8 Å². The fourth-order valence-electron chi connectivity index (χ4n) is 0.341. The zero-order valence-corrected chi connectivity index (χ0v) is 6.28. The van der Waals surface area contributed by atoms with Crippen molar-refractivity contribution >= 4 is 0 Å². The minimum Gasteiger partial charge on any atom is -0.314 e. The predicted molar refractivity (Wildman–Crippen MR) is 31.7 cm³/mol. The predicted octanol–water partition coefficient (Wildman–Crippen LogP) is 2.52. The van der Waals surface area contributed by atoms with Crippen molar-refractivity contribution in [3.05, 3.63) is 0 Å². The maximum atomic E-state index is 12.4. The van der Waals surface area contributed by atoms with Crippen LogP contribution in [0, 0.1) is 5.92 Å². The fraction of sp³-hybridized carbons (Fsp3) is 1.00. The van der Waals surface area contributed by atoms with Gasteiger partial charge in [0.15, 0.2) is 0 Å². The summed E-state index contributed by atoms with van der Waals surface area (Å²) in [4.78, 5) is 0. The Kier molecular flexibility index (Phi) is 3.78. The van der Waals surface area contributed by atoms with Crippen LogP contribution >= 0.6 is 0 Å². The van der Waals surface area contributed by atoms with Gasteiger partial charge in [-0.15, -0.1) is 0 Å². The third-order valence-corrected chi connectivity index (χ3v) is 1.07. The summed E-state index contributed by atoms with van der Waals surface area (Å²) in [6, 6.07) is 0. The SMILES string of the molecule is CC(C)C(F)(F)OCC(F)F. The van der Waals surface area contributed by atoms with Gasteiger partial charge < -0.3 is 4.74 Å². The summed E-state index contributed by atoms with van der Waals surface area (Å²) in [7, 11) is 0. The van der Waals surface area contributed by atoms with Crippen LogP contribution in [-0.2, 0) is 4.74 Å². The molecule has 0 aromatic rings. The molecule has 68 valence electrons. The van der Waals surface area contributed by atoms with Gasteiger partial charge in [0.25, 0.3) is 6.43 Å². The molecule has 0 rings (SSSR count). The van der Waals surface area contributed by atoms with Crippen molar-refractivity contribution in [2.75, 3.05) is 6.61 Å². The molecule has 0 bridgehead atoms. The second-order valence-corrected chi connectivity index (χ2v) is 2.42. The monoisotopic (exact) mass is 174 g/mol. The van der Waals surface area contributed by atoms with E-state index in [4.69, 9.17) is 0 Å². The van der Waals surface area contributed by atoms with Crippen LogP contribution in [0.3, 0.4) is 0 Å². The van der Waals surface area contributed by atoms with Crippen molar-refractivity contribution in [1.82, 2.24) is 0 Å². The molecule has 11 heavy (non-hydrogen) atoms. The molecule has 0 atom stereocenters. The first kappa shape index (κ1) is 10.7. The van der Waals surface area contributed by atoms with Gasteiger partial charge in [-0.05, 0) is 0 Å². The molecule has 0 aromatic carbocycles. The molecule has 0 aromatic heterocycles. The third-order valence-electron chi connectivity index (χ3n) is 1.07. The van der Waals surface area contributed by atoms with Crippen LogP contribution in [0.5, 0.6) is 0 Å². The van der Waals surface area contributed by atoms with Crippen molar-refractivity contribution in [3.63, 3.8) is 0 Å². The molecule has 0 aliphatic rings. The van der Waals surface area contributed by atoms with Crippen LogP contribution in [0.25, 0.3) is 0 Å². The molecule has 0 aliphatic carbocycles. The summed E-state index contributed by atoms with van der Waals surface area (Å²) in [6.45, 7) is 1.18. The van der Waals surface area contributed by atoms with E-state index >= 15 is 0 Å². The van der Waals surface area contributed by atoms with E-state index in [1.54, 1.807) is 0 Å². The van der Waals surface area contributed by atoms with Gasteiger partial charge in [-0.2, -0.15) is 8.78 Å². The summed E-state index contributed by atoms with van der Waals surface area (Å²) in [5.41, 5.74) is 0. The first-order valence-corrected chi connectivity index (χ1v) is 3.16. The van der Waals surface area contributed by atoms with E-state index in [1.807, 2.05) is 0 Å². The summed E-state index contributed by atoms with van der Waals surface area (Å²) in [5, 5.41) is 0. The number of hydrogen-bond acceptors (Lipinski definition) is 1. The van der Waals surface area contributed by atoms with Gasteiger partial charge in [-0.1, -0.05) is 13.8 Å². The second-order valence-electron chi connectivity index (χ2n) is 2.42. The van der Waals surface area contributed by atoms with Crippen LogP contribution in [-0.4, -0.2) is 19.1 Å². The lowest BCUT2D eigenvalue weighted by Crippen LogP contribution is -2.29. The zero-order chi connectivity index (χ0) is 9.07. The van der Waals surface area contributed by atoms with E-state index in [2.05, 4.69) is 4.74 Å². The van der Waals surface area contributed by atoms with Gasteiger partial charge in [0.05, 0.1) is 0 Å². The van der Waals surface area contributed by atoms with E-state index in [1.165, 1.54) is 13.8 Å². The van der Waals surface area contributed by atoms with Crippen LogP contribution in [0.4, 0.5) is 17.6 Å². The highest BCUT2D eigenvalue weighted by molar-refractivity contribution is 4.57. The molecule has 0 amide bonds. The van der Waals surface area contributed by atoms with Crippen LogP contribution in [0.15, 0.2) is 0 Å². The number of rotatable bonds is 4. The maximum absolute atomic E-state index is 12.4. The minimum atomic E-state index is -3.45. The Bertz CT molecular complexity index is 113. The average Bonchev–Trinajstić information content (AvgIpc) is 1.84. The zero-order valence-electron chi connectivity index (χ0n) is 6.28. The fourth-order valence-corrected chi connectivity index (χ4v) is 0.341. The van der Waals surface area contributed by atoms with E-state index < -0.39 is 25.1 Å². The van der Waals surface area contributed by atoms with E-state index in [9.17, 15) is 17.6 Å². The van der Waals surface area contributed by atoms with Crippen molar-refractivity contribution in [2.24, 2.45) is 5.92 Å².